The summed E-state index contributed by atoms with van der Waals surface area (Å²) in [4.78, 5) is 0. The average molecular weight is 276 g/mol. The number of alkyl halides is 1. The van der Waals surface area contributed by atoms with E-state index in [0.717, 1.165) is 13.0 Å². The second kappa shape index (κ2) is 6.03. The van der Waals surface area contributed by atoms with Crippen LogP contribution < -0.4 is 5.32 Å². The molecule has 1 aliphatic rings. The van der Waals surface area contributed by atoms with Crippen molar-refractivity contribution in [3.63, 3.8) is 0 Å². The maximum Gasteiger partial charge on any atom is 0.127 e. The van der Waals surface area contributed by atoms with Crippen LogP contribution in [0.4, 0.5) is 4.39 Å². The average Bonchev–Trinajstić information content (AvgIpc) is 2.70. The predicted molar refractivity (Wildman–Crippen MR) is 70.1 cm³/mol. The molecule has 2 rings (SSSR count). The molecule has 0 saturated heterocycles. The fraction of sp³-hybridized carbons (Fsp3) is 0.538. The Morgan fingerprint density at radius 3 is 2.88 bits per heavy atom. The minimum Gasteiger partial charge on any atom is -0.312 e. The Hall–Kier alpha value is -0.310. The van der Waals surface area contributed by atoms with E-state index in [2.05, 4.69) is 5.32 Å². The van der Waals surface area contributed by atoms with Gasteiger partial charge in [0.15, 0.2) is 0 Å². The van der Waals surface area contributed by atoms with Crippen LogP contribution in [0.15, 0.2) is 18.2 Å². The maximum atomic E-state index is 13.4. The van der Waals surface area contributed by atoms with Crippen LogP contribution >= 0.6 is 23.2 Å². The van der Waals surface area contributed by atoms with Crippen molar-refractivity contribution in [3.8, 4) is 0 Å². The molecule has 1 aromatic carbocycles. The van der Waals surface area contributed by atoms with Crippen molar-refractivity contribution in [2.75, 3.05) is 6.54 Å². The molecule has 0 aromatic heterocycles. The molecule has 0 radical (unpaired) electrons. The van der Waals surface area contributed by atoms with E-state index in [0.29, 0.717) is 23.0 Å². The van der Waals surface area contributed by atoms with E-state index in [4.69, 9.17) is 23.2 Å². The second-order valence-corrected chi connectivity index (χ2v) is 5.57. The summed E-state index contributed by atoms with van der Waals surface area (Å²) in [5, 5.41) is 4.10. The Bertz CT molecular complexity index is 384. The van der Waals surface area contributed by atoms with Crippen molar-refractivity contribution in [1.29, 1.82) is 0 Å². The van der Waals surface area contributed by atoms with Crippen molar-refractivity contribution in [2.45, 2.75) is 31.2 Å². The summed E-state index contributed by atoms with van der Waals surface area (Å²) in [6.45, 7) is 1.35. The Labute approximate surface area is 111 Å². The normalized spacial score (nSPS) is 24.2. The van der Waals surface area contributed by atoms with Crippen LogP contribution in [0.1, 0.15) is 24.8 Å². The number of hydrogen-bond acceptors (Lipinski definition) is 1. The van der Waals surface area contributed by atoms with Gasteiger partial charge < -0.3 is 5.32 Å². The first kappa shape index (κ1) is 13.1. The Morgan fingerprint density at radius 2 is 2.18 bits per heavy atom. The molecule has 1 aromatic rings. The van der Waals surface area contributed by atoms with Crippen LogP contribution in [-0.2, 0) is 6.54 Å². The highest BCUT2D eigenvalue weighted by Gasteiger charge is 2.24. The van der Waals surface area contributed by atoms with Gasteiger partial charge in [-0.3, -0.25) is 0 Å². The third kappa shape index (κ3) is 3.57. The highest BCUT2D eigenvalue weighted by Crippen LogP contribution is 2.29. The smallest absolute Gasteiger partial charge is 0.127 e. The zero-order valence-electron chi connectivity index (χ0n) is 9.56. The number of nitrogens with one attached hydrogen (secondary N) is 1. The van der Waals surface area contributed by atoms with Gasteiger partial charge in [0.1, 0.15) is 5.82 Å². The Kier molecular flexibility index (Phi) is 4.66. The lowest BCUT2D eigenvalue weighted by atomic mass is 10.1. The standard InChI is InChI=1S/C13H16Cl2FN/c14-11-4-5-13(16)10(6-11)8-17-7-9-2-1-3-12(9)15/h4-6,9,12,17H,1-3,7-8H2. The van der Waals surface area contributed by atoms with Gasteiger partial charge in [-0.05, 0) is 43.5 Å². The molecule has 0 amide bonds. The lowest BCUT2D eigenvalue weighted by Crippen LogP contribution is -2.25. The van der Waals surface area contributed by atoms with E-state index in [9.17, 15) is 4.39 Å². The van der Waals surface area contributed by atoms with Crippen molar-refractivity contribution < 1.29 is 4.39 Å². The minimum absolute atomic E-state index is 0.212. The summed E-state index contributed by atoms with van der Waals surface area (Å²) in [6.07, 6.45) is 3.46. The molecule has 0 spiro atoms. The molecule has 17 heavy (non-hydrogen) atoms. The van der Waals surface area contributed by atoms with Crippen LogP contribution in [0.2, 0.25) is 5.02 Å². The number of hydrogen-bond donors (Lipinski definition) is 1. The van der Waals surface area contributed by atoms with E-state index in [1.165, 1.54) is 18.9 Å². The topological polar surface area (TPSA) is 12.0 Å². The van der Waals surface area contributed by atoms with Crippen LogP contribution in [0.5, 0.6) is 0 Å². The maximum absolute atomic E-state index is 13.4. The number of halogens is 3. The van der Waals surface area contributed by atoms with Crippen molar-refractivity contribution in [2.24, 2.45) is 5.92 Å². The molecule has 4 heteroatoms. The van der Waals surface area contributed by atoms with Gasteiger partial charge in [0.2, 0.25) is 0 Å². The van der Waals surface area contributed by atoms with Crippen LogP contribution in [0, 0.1) is 11.7 Å². The highest BCUT2D eigenvalue weighted by molar-refractivity contribution is 6.30. The van der Waals surface area contributed by atoms with Gasteiger partial charge in [-0.25, -0.2) is 4.39 Å². The van der Waals surface area contributed by atoms with Gasteiger partial charge >= 0.3 is 0 Å². The summed E-state index contributed by atoms with van der Waals surface area (Å²) in [5.41, 5.74) is 0.613. The molecular weight excluding hydrogens is 260 g/mol. The van der Waals surface area contributed by atoms with E-state index in [1.807, 2.05) is 0 Å². The Balaban J connectivity index is 1.83. The summed E-state index contributed by atoms with van der Waals surface area (Å²) in [5.74, 6) is 0.301. The first-order chi connectivity index (χ1) is 8.16. The molecule has 1 saturated carbocycles. The summed E-state index contributed by atoms with van der Waals surface area (Å²) in [7, 11) is 0. The van der Waals surface area contributed by atoms with Crippen molar-refractivity contribution in [3.05, 3.63) is 34.6 Å². The lowest BCUT2D eigenvalue weighted by Gasteiger charge is -2.14. The highest BCUT2D eigenvalue weighted by atomic mass is 35.5. The zero-order chi connectivity index (χ0) is 12.3. The first-order valence-electron chi connectivity index (χ1n) is 5.95. The molecule has 1 nitrogen and oxygen atoms in total. The van der Waals surface area contributed by atoms with Gasteiger partial charge in [-0.2, -0.15) is 0 Å². The SMILES string of the molecule is Fc1ccc(Cl)cc1CNCC1CCCC1Cl. The van der Waals surface area contributed by atoms with Crippen LogP contribution in [0.3, 0.4) is 0 Å². The van der Waals surface area contributed by atoms with Gasteiger partial charge in [-0.1, -0.05) is 18.0 Å². The molecule has 0 aliphatic heterocycles. The van der Waals surface area contributed by atoms with Gasteiger partial charge in [0, 0.05) is 22.5 Å². The predicted octanol–water partition coefficient (Wildman–Crippen LogP) is 3.98. The molecule has 2 atom stereocenters. The summed E-state index contributed by atoms with van der Waals surface area (Å²) < 4.78 is 13.4. The van der Waals surface area contributed by atoms with Crippen molar-refractivity contribution in [1.82, 2.24) is 5.32 Å². The van der Waals surface area contributed by atoms with Crippen LogP contribution in [0.25, 0.3) is 0 Å². The van der Waals surface area contributed by atoms with Gasteiger partial charge in [0.25, 0.3) is 0 Å². The largest absolute Gasteiger partial charge is 0.312 e. The third-order valence-corrected chi connectivity index (χ3v) is 4.11. The van der Waals surface area contributed by atoms with Gasteiger partial charge in [-0.15, -0.1) is 11.6 Å². The zero-order valence-corrected chi connectivity index (χ0v) is 11.1. The molecule has 0 bridgehead atoms. The second-order valence-electron chi connectivity index (χ2n) is 4.57. The summed E-state index contributed by atoms with van der Waals surface area (Å²) >= 11 is 12.0. The molecule has 0 heterocycles. The Morgan fingerprint density at radius 1 is 1.35 bits per heavy atom. The summed E-state index contributed by atoms with van der Waals surface area (Å²) in [6, 6.07) is 4.63. The fourth-order valence-corrected chi connectivity index (χ4v) is 2.86. The molecule has 1 fully saturated rings. The fourth-order valence-electron chi connectivity index (χ4n) is 2.29. The molecular formula is C13H16Cl2FN. The quantitative estimate of drug-likeness (QED) is 0.820. The van der Waals surface area contributed by atoms with E-state index >= 15 is 0 Å². The van der Waals surface area contributed by atoms with E-state index in [-0.39, 0.29) is 11.2 Å². The first-order valence-corrected chi connectivity index (χ1v) is 6.77. The van der Waals surface area contributed by atoms with Gasteiger partial charge in [0.05, 0.1) is 0 Å². The number of rotatable bonds is 4. The van der Waals surface area contributed by atoms with E-state index < -0.39 is 0 Å². The molecule has 1 N–H and O–H groups in total. The number of benzene rings is 1. The molecule has 94 valence electrons. The minimum atomic E-state index is -0.212. The molecule has 1 aliphatic carbocycles. The van der Waals surface area contributed by atoms with Crippen molar-refractivity contribution >= 4 is 23.2 Å². The third-order valence-electron chi connectivity index (χ3n) is 3.30. The monoisotopic (exact) mass is 275 g/mol. The van der Waals surface area contributed by atoms with Crippen LogP contribution in [-0.4, -0.2) is 11.9 Å². The van der Waals surface area contributed by atoms with E-state index in [1.54, 1.807) is 12.1 Å². The molecule has 2 unspecified atom stereocenters. The lowest BCUT2D eigenvalue weighted by molar-refractivity contribution is 0.487.